The fourth-order valence-electron chi connectivity index (χ4n) is 2.20. The normalized spacial score (nSPS) is 38.0. The van der Waals surface area contributed by atoms with Crippen molar-refractivity contribution in [3.63, 3.8) is 0 Å². The van der Waals surface area contributed by atoms with Crippen LogP contribution in [0.2, 0.25) is 0 Å². The Labute approximate surface area is 87.7 Å². The summed E-state index contributed by atoms with van der Waals surface area (Å²) in [5, 5.41) is 0. The molecule has 4 unspecified atom stereocenters. The van der Waals surface area contributed by atoms with Gasteiger partial charge in [0.15, 0.2) is 0 Å². The topological polar surface area (TPSA) is 18.5 Å². The summed E-state index contributed by atoms with van der Waals surface area (Å²) in [6.45, 7) is 3.69. The molecule has 0 heterocycles. The molecule has 0 aromatic heterocycles. The zero-order valence-electron chi connectivity index (χ0n) is 9.17. The van der Waals surface area contributed by atoms with E-state index in [2.05, 4.69) is 4.74 Å². The predicted molar refractivity (Wildman–Crippen MR) is 49.3 cm³/mol. The van der Waals surface area contributed by atoms with E-state index in [9.17, 15) is 13.2 Å². The van der Waals surface area contributed by atoms with E-state index in [1.807, 2.05) is 6.92 Å². The smallest absolute Gasteiger partial charge is 0.381 e. The molecule has 0 aromatic carbocycles. The van der Waals surface area contributed by atoms with Crippen LogP contribution in [-0.4, -0.2) is 25.7 Å². The summed E-state index contributed by atoms with van der Waals surface area (Å²) in [4.78, 5) is 0. The third-order valence-corrected chi connectivity index (χ3v) is 3.33. The van der Waals surface area contributed by atoms with Crippen LogP contribution < -0.4 is 0 Å². The summed E-state index contributed by atoms with van der Waals surface area (Å²) < 4.78 is 45.5. The molecule has 15 heavy (non-hydrogen) atoms. The standard InChI is InChI=1S/C10H17F3O2/c1-6-7(2)9(15-10(11,12)13)5-4-8(6)14-3/h6-9H,4-5H2,1-3H3. The van der Waals surface area contributed by atoms with Crippen molar-refractivity contribution >= 4 is 0 Å². The number of hydrogen-bond acceptors (Lipinski definition) is 2. The van der Waals surface area contributed by atoms with Crippen molar-refractivity contribution in [3.8, 4) is 0 Å². The third kappa shape index (κ3) is 3.34. The second-order valence-corrected chi connectivity index (χ2v) is 4.17. The van der Waals surface area contributed by atoms with E-state index in [4.69, 9.17) is 4.74 Å². The first-order valence-corrected chi connectivity index (χ1v) is 5.12. The second kappa shape index (κ2) is 4.70. The monoisotopic (exact) mass is 226 g/mol. The molecule has 0 aliphatic heterocycles. The number of ether oxygens (including phenoxy) is 2. The SMILES string of the molecule is COC1CCC(OC(F)(F)F)C(C)C1C. The van der Waals surface area contributed by atoms with Crippen molar-refractivity contribution in [3.05, 3.63) is 0 Å². The maximum absolute atomic E-state index is 12.1. The maximum atomic E-state index is 12.1. The molecule has 0 bridgehead atoms. The summed E-state index contributed by atoms with van der Waals surface area (Å²) in [6, 6.07) is 0. The van der Waals surface area contributed by atoms with Crippen LogP contribution in [0.1, 0.15) is 26.7 Å². The van der Waals surface area contributed by atoms with Crippen LogP contribution in [0, 0.1) is 11.8 Å². The van der Waals surface area contributed by atoms with Gasteiger partial charge in [0.1, 0.15) is 0 Å². The van der Waals surface area contributed by atoms with E-state index in [-0.39, 0.29) is 17.9 Å². The van der Waals surface area contributed by atoms with Gasteiger partial charge >= 0.3 is 6.36 Å². The summed E-state index contributed by atoms with van der Waals surface area (Å²) in [5.74, 6) is -0.0403. The van der Waals surface area contributed by atoms with Crippen LogP contribution in [-0.2, 0) is 9.47 Å². The van der Waals surface area contributed by atoms with E-state index in [0.717, 1.165) is 0 Å². The number of methoxy groups -OCH3 is 1. The van der Waals surface area contributed by atoms with E-state index in [0.29, 0.717) is 12.8 Å². The Morgan fingerprint density at radius 2 is 1.47 bits per heavy atom. The van der Waals surface area contributed by atoms with E-state index >= 15 is 0 Å². The fraction of sp³-hybridized carbons (Fsp3) is 1.00. The average Bonchev–Trinajstić information content (AvgIpc) is 2.11. The van der Waals surface area contributed by atoms with Gasteiger partial charge in [-0.15, -0.1) is 13.2 Å². The lowest BCUT2D eigenvalue weighted by molar-refractivity contribution is -0.353. The Morgan fingerprint density at radius 3 is 1.93 bits per heavy atom. The van der Waals surface area contributed by atoms with Gasteiger partial charge in [-0.05, 0) is 24.7 Å². The van der Waals surface area contributed by atoms with Crippen LogP contribution >= 0.6 is 0 Å². The van der Waals surface area contributed by atoms with Gasteiger partial charge in [-0.25, -0.2) is 0 Å². The summed E-state index contributed by atoms with van der Waals surface area (Å²) >= 11 is 0. The molecule has 0 amide bonds. The molecule has 2 nitrogen and oxygen atoms in total. The molecule has 5 heteroatoms. The highest BCUT2D eigenvalue weighted by Crippen LogP contribution is 2.36. The van der Waals surface area contributed by atoms with Crippen LogP contribution in [0.3, 0.4) is 0 Å². The Kier molecular flexibility index (Phi) is 4.00. The number of alkyl halides is 3. The van der Waals surface area contributed by atoms with Gasteiger partial charge in [-0.1, -0.05) is 13.8 Å². The number of halogens is 3. The average molecular weight is 226 g/mol. The van der Waals surface area contributed by atoms with Gasteiger partial charge in [0.2, 0.25) is 0 Å². The summed E-state index contributed by atoms with van der Waals surface area (Å²) in [5.41, 5.74) is 0. The second-order valence-electron chi connectivity index (χ2n) is 4.17. The van der Waals surface area contributed by atoms with Gasteiger partial charge in [0, 0.05) is 7.11 Å². The predicted octanol–water partition coefficient (Wildman–Crippen LogP) is 2.97. The maximum Gasteiger partial charge on any atom is 0.522 e. The van der Waals surface area contributed by atoms with Gasteiger partial charge in [-0.2, -0.15) is 0 Å². The molecule has 1 fully saturated rings. The first-order chi connectivity index (χ1) is 6.85. The van der Waals surface area contributed by atoms with Crippen molar-refractivity contribution in [2.24, 2.45) is 11.8 Å². The number of hydrogen-bond donors (Lipinski definition) is 0. The highest BCUT2D eigenvalue weighted by molar-refractivity contribution is 4.84. The van der Waals surface area contributed by atoms with Crippen molar-refractivity contribution in [1.82, 2.24) is 0 Å². The molecule has 0 spiro atoms. The van der Waals surface area contributed by atoms with Crippen LogP contribution in [0.5, 0.6) is 0 Å². The van der Waals surface area contributed by atoms with Gasteiger partial charge < -0.3 is 4.74 Å². The van der Waals surface area contributed by atoms with Gasteiger partial charge in [0.25, 0.3) is 0 Å². The fourth-order valence-corrected chi connectivity index (χ4v) is 2.20. The molecule has 0 aromatic rings. The van der Waals surface area contributed by atoms with Crippen LogP contribution in [0.25, 0.3) is 0 Å². The Balaban J connectivity index is 2.56. The minimum absolute atomic E-state index is 0.0492. The zero-order chi connectivity index (χ0) is 11.6. The minimum atomic E-state index is -4.53. The molecular weight excluding hydrogens is 209 g/mol. The molecule has 0 N–H and O–H groups in total. The van der Waals surface area contributed by atoms with Crippen molar-refractivity contribution < 1.29 is 22.6 Å². The summed E-state index contributed by atoms with van der Waals surface area (Å²) in [6.07, 6.45) is -4.18. The molecule has 4 atom stereocenters. The molecule has 1 aliphatic carbocycles. The van der Waals surface area contributed by atoms with Crippen LogP contribution in [0.4, 0.5) is 13.2 Å². The van der Waals surface area contributed by atoms with Crippen molar-refractivity contribution in [1.29, 1.82) is 0 Å². The Hall–Kier alpha value is -0.290. The lowest BCUT2D eigenvalue weighted by Crippen LogP contribution is -2.42. The Morgan fingerprint density at radius 1 is 1.00 bits per heavy atom. The first kappa shape index (κ1) is 12.8. The molecule has 90 valence electrons. The summed E-state index contributed by atoms with van der Waals surface area (Å²) in [7, 11) is 1.60. The number of rotatable bonds is 2. The van der Waals surface area contributed by atoms with E-state index in [1.54, 1.807) is 14.0 Å². The molecule has 1 saturated carbocycles. The van der Waals surface area contributed by atoms with E-state index < -0.39 is 12.5 Å². The lowest BCUT2D eigenvalue weighted by atomic mass is 9.77. The minimum Gasteiger partial charge on any atom is -0.381 e. The van der Waals surface area contributed by atoms with Crippen molar-refractivity contribution in [2.75, 3.05) is 7.11 Å². The quantitative estimate of drug-likeness (QED) is 0.720. The zero-order valence-corrected chi connectivity index (χ0v) is 9.17. The van der Waals surface area contributed by atoms with E-state index in [1.165, 1.54) is 0 Å². The highest BCUT2D eigenvalue weighted by atomic mass is 19.4. The Bertz CT molecular complexity index is 205. The van der Waals surface area contributed by atoms with Crippen molar-refractivity contribution in [2.45, 2.75) is 45.3 Å². The van der Waals surface area contributed by atoms with Gasteiger partial charge in [-0.3, -0.25) is 4.74 Å². The molecule has 1 aliphatic rings. The molecular formula is C10H17F3O2. The van der Waals surface area contributed by atoms with Gasteiger partial charge in [0.05, 0.1) is 12.2 Å². The lowest BCUT2D eigenvalue weighted by Gasteiger charge is -2.38. The van der Waals surface area contributed by atoms with Crippen LogP contribution in [0.15, 0.2) is 0 Å². The first-order valence-electron chi connectivity index (χ1n) is 5.12. The largest absolute Gasteiger partial charge is 0.522 e. The molecule has 0 saturated heterocycles. The molecule has 0 radical (unpaired) electrons. The highest BCUT2D eigenvalue weighted by Gasteiger charge is 2.41. The molecule has 1 rings (SSSR count). The third-order valence-electron chi connectivity index (χ3n) is 3.33.